The maximum Gasteiger partial charge on any atom is 0.262 e. The molecule has 0 saturated carbocycles. The number of aromatic nitrogens is 2. The van der Waals surface area contributed by atoms with Crippen LogP contribution in [0.4, 0.5) is 0 Å². The Kier molecular flexibility index (Phi) is 4.86. The number of para-hydroxylation sites is 1. The smallest absolute Gasteiger partial charge is 0.262 e. The van der Waals surface area contributed by atoms with Crippen LogP contribution in [0.2, 0.25) is 0 Å². The van der Waals surface area contributed by atoms with Crippen LogP contribution in [0.1, 0.15) is 36.0 Å². The molecule has 5 nitrogen and oxygen atoms in total. The van der Waals surface area contributed by atoms with Crippen molar-refractivity contribution in [3.8, 4) is 0 Å². The molecule has 31 heavy (non-hydrogen) atoms. The molecule has 154 valence electrons. The van der Waals surface area contributed by atoms with Crippen molar-refractivity contribution >= 4 is 16.8 Å². The van der Waals surface area contributed by atoms with Gasteiger partial charge in [0.1, 0.15) is 11.9 Å². The Labute approximate surface area is 180 Å². The van der Waals surface area contributed by atoms with Crippen molar-refractivity contribution in [1.29, 1.82) is 0 Å². The van der Waals surface area contributed by atoms with Crippen molar-refractivity contribution in [2.75, 3.05) is 0 Å². The van der Waals surface area contributed by atoms with Crippen LogP contribution < -0.4 is 5.56 Å². The molecule has 1 aliphatic rings. The lowest BCUT2D eigenvalue weighted by molar-refractivity contribution is -0.140. The first-order valence-corrected chi connectivity index (χ1v) is 10.5. The van der Waals surface area contributed by atoms with Gasteiger partial charge < -0.3 is 4.90 Å². The molecule has 5 heteroatoms. The van der Waals surface area contributed by atoms with E-state index in [2.05, 4.69) is 0 Å². The fraction of sp³-hybridized carbons (Fsp3) is 0.192. The van der Waals surface area contributed by atoms with Gasteiger partial charge in [0.05, 0.1) is 16.9 Å². The zero-order valence-corrected chi connectivity index (χ0v) is 17.3. The Morgan fingerprint density at radius 2 is 1.42 bits per heavy atom. The molecule has 1 aromatic heterocycles. The summed E-state index contributed by atoms with van der Waals surface area (Å²) < 4.78 is 1.60. The monoisotopic (exact) mass is 409 g/mol. The third-order valence-electron chi connectivity index (χ3n) is 6.00. The van der Waals surface area contributed by atoms with Gasteiger partial charge >= 0.3 is 0 Å². The maximum atomic E-state index is 13.5. The van der Waals surface area contributed by atoms with Gasteiger partial charge in [-0.25, -0.2) is 4.98 Å². The average molecular weight is 409 g/mol. The Bertz CT molecular complexity index is 1300. The minimum atomic E-state index is -0.602. The number of carbonyl (C=O) groups excluding carboxylic acids is 1. The predicted molar refractivity (Wildman–Crippen MR) is 121 cm³/mol. The van der Waals surface area contributed by atoms with Crippen molar-refractivity contribution in [3.63, 3.8) is 0 Å². The second kappa shape index (κ2) is 7.84. The molecule has 0 fully saturated rings. The van der Waals surface area contributed by atoms with Gasteiger partial charge in [-0.15, -0.1) is 0 Å². The quantitative estimate of drug-likeness (QED) is 0.505. The lowest BCUT2D eigenvalue weighted by Gasteiger charge is -2.40. The molecule has 0 unspecified atom stereocenters. The standard InChI is InChI=1S/C26H23N3O2/c1-18-25(30)28(17-20-12-6-3-7-13-20)23(16-19-10-4-2-5-11-19)24-27-22-15-9-8-14-21(22)26(31)29(18)24/h2-15,18,23H,16-17H2,1H3/t18-,23+/m0/s1. The fourth-order valence-corrected chi connectivity index (χ4v) is 4.42. The molecule has 1 aliphatic heterocycles. The minimum Gasteiger partial charge on any atom is -0.326 e. The van der Waals surface area contributed by atoms with E-state index >= 15 is 0 Å². The molecule has 2 atom stereocenters. The van der Waals surface area contributed by atoms with Gasteiger partial charge in [-0.2, -0.15) is 0 Å². The van der Waals surface area contributed by atoms with Crippen LogP contribution in [0.25, 0.3) is 10.9 Å². The number of hydrogen-bond donors (Lipinski definition) is 0. The van der Waals surface area contributed by atoms with Gasteiger partial charge in [-0.3, -0.25) is 14.2 Å². The second-order valence-corrected chi connectivity index (χ2v) is 8.00. The van der Waals surface area contributed by atoms with Crippen molar-refractivity contribution in [2.24, 2.45) is 0 Å². The van der Waals surface area contributed by atoms with E-state index in [-0.39, 0.29) is 17.5 Å². The first kappa shape index (κ1) is 19.2. The Morgan fingerprint density at radius 1 is 0.806 bits per heavy atom. The average Bonchev–Trinajstić information content (AvgIpc) is 2.81. The highest BCUT2D eigenvalue weighted by molar-refractivity contribution is 5.83. The van der Waals surface area contributed by atoms with E-state index in [0.29, 0.717) is 29.7 Å². The van der Waals surface area contributed by atoms with E-state index in [1.54, 1.807) is 17.6 Å². The van der Waals surface area contributed by atoms with Gasteiger partial charge in [-0.05, 0) is 30.2 Å². The number of carbonyl (C=O) groups is 1. The molecule has 4 aromatic rings. The van der Waals surface area contributed by atoms with Crippen LogP contribution in [-0.2, 0) is 17.8 Å². The summed E-state index contributed by atoms with van der Waals surface area (Å²) in [6, 6.07) is 26.4. The number of nitrogens with zero attached hydrogens (tertiary/aromatic N) is 3. The largest absolute Gasteiger partial charge is 0.326 e. The molecule has 5 rings (SSSR count). The third-order valence-corrected chi connectivity index (χ3v) is 6.00. The van der Waals surface area contributed by atoms with Crippen LogP contribution in [0, 0.1) is 0 Å². The number of rotatable bonds is 4. The minimum absolute atomic E-state index is 0.0588. The summed E-state index contributed by atoms with van der Waals surface area (Å²) in [6.45, 7) is 2.27. The van der Waals surface area contributed by atoms with Crippen LogP contribution in [0.3, 0.4) is 0 Å². The lowest BCUT2D eigenvalue weighted by atomic mass is 9.98. The Hall–Kier alpha value is -3.73. The number of hydrogen-bond acceptors (Lipinski definition) is 3. The highest BCUT2D eigenvalue weighted by Crippen LogP contribution is 2.34. The number of fused-ring (bicyclic) bond motifs is 2. The van der Waals surface area contributed by atoms with Crippen LogP contribution in [-0.4, -0.2) is 20.4 Å². The highest BCUT2D eigenvalue weighted by atomic mass is 16.2. The Balaban J connectivity index is 1.69. The van der Waals surface area contributed by atoms with E-state index in [1.807, 2.05) is 83.8 Å². The van der Waals surface area contributed by atoms with E-state index < -0.39 is 6.04 Å². The lowest BCUT2D eigenvalue weighted by Crippen LogP contribution is -2.49. The highest BCUT2D eigenvalue weighted by Gasteiger charge is 2.39. The van der Waals surface area contributed by atoms with Gasteiger partial charge in [-0.1, -0.05) is 72.8 Å². The molecular weight excluding hydrogens is 386 g/mol. The second-order valence-electron chi connectivity index (χ2n) is 8.00. The first-order valence-electron chi connectivity index (χ1n) is 10.5. The van der Waals surface area contributed by atoms with Gasteiger partial charge in [0.25, 0.3) is 5.56 Å². The van der Waals surface area contributed by atoms with Crippen molar-refractivity contribution in [1.82, 2.24) is 14.5 Å². The summed E-state index contributed by atoms with van der Waals surface area (Å²) in [6.07, 6.45) is 0.594. The predicted octanol–water partition coefficient (Wildman–Crippen LogP) is 4.28. The fourth-order valence-electron chi connectivity index (χ4n) is 4.42. The van der Waals surface area contributed by atoms with Crippen LogP contribution >= 0.6 is 0 Å². The molecule has 0 saturated heterocycles. The number of amides is 1. The molecule has 0 bridgehead atoms. The molecule has 0 aliphatic carbocycles. The molecule has 2 heterocycles. The molecular formula is C26H23N3O2. The molecule has 0 spiro atoms. The van der Waals surface area contributed by atoms with Gasteiger partial charge in [0.15, 0.2) is 0 Å². The molecule has 1 amide bonds. The summed E-state index contributed by atoms with van der Waals surface area (Å²) in [4.78, 5) is 33.6. The van der Waals surface area contributed by atoms with Crippen molar-refractivity contribution < 1.29 is 4.79 Å². The topological polar surface area (TPSA) is 55.2 Å². The summed E-state index contributed by atoms with van der Waals surface area (Å²) in [5.41, 5.74) is 2.66. The van der Waals surface area contributed by atoms with Crippen molar-refractivity contribution in [2.45, 2.75) is 32.0 Å². The summed E-state index contributed by atoms with van der Waals surface area (Å²) >= 11 is 0. The SMILES string of the molecule is C[C@H]1C(=O)N(Cc2ccccc2)[C@H](Cc2ccccc2)c2nc3ccccc3c(=O)n21. The van der Waals surface area contributed by atoms with Crippen molar-refractivity contribution in [3.05, 3.63) is 112 Å². The van der Waals surface area contributed by atoms with E-state index in [9.17, 15) is 9.59 Å². The molecule has 0 N–H and O–H groups in total. The first-order chi connectivity index (χ1) is 15.1. The molecule has 3 aromatic carbocycles. The summed E-state index contributed by atoms with van der Waals surface area (Å²) in [5, 5.41) is 0.542. The van der Waals surface area contributed by atoms with Crippen LogP contribution in [0.5, 0.6) is 0 Å². The Morgan fingerprint density at radius 3 is 2.13 bits per heavy atom. The van der Waals surface area contributed by atoms with E-state index in [0.717, 1.165) is 11.1 Å². The zero-order chi connectivity index (χ0) is 21.4. The van der Waals surface area contributed by atoms with Crippen LogP contribution in [0.15, 0.2) is 89.7 Å². The molecule has 0 radical (unpaired) electrons. The summed E-state index contributed by atoms with van der Waals surface area (Å²) in [7, 11) is 0. The van der Waals surface area contributed by atoms with E-state index in [1.165, 1.54) is 0 Å². The van der Waals surface area contributed by atoms with Gasteiger partial charge in [0.2, 0.25) is 5.91 Å². The third kappa shape index (κ3) is 3.42. The normalized spacial score (nSPS) is 18.2. The number of benzene rings is 3. The zero-order valence-electron chi connectivity index (χ0n) is 17.3. The van der Waals surface area contributed by atoms with E-state index in [4.69, 9.17) is 4.98 Å². The summed E-state index contributed by atoms with van der Waals surface area (Å²) in [5.74, 6) is 0.590. The van der Waals surface area contributed by atoms with Gasteiger partial charge in [0, 0.05) is 13.0 Å². The maximum absolute atomic E-state index is 13.5.